The zero-order chi connectivity index (χ0) is 9.52. The molecule has 0 aromatic carbocycles. The summed E-state index contributed by atoms with van der Waals surface area (Å²) >= 11 is 1.75. The van der Waals surface area contributed by atoms with Gasteiger partial charge in [-0.1, -0.05) is 0 Å². The summed E-state index contributed by atoms with van der Waals surface area (Å²) in [7, 11) is 1.98. The van der Waals surface area contributed by atoms with Crippen molar-refractivity contribution in [2.75, 3.05) is 12.8 Å². The third kappa shape index (κ3) is 4.24. The van der Waals surface area contributed by atoms with Crippen LogP contribution in [0.4, 0.5) is 0 Å². The lowest BCUT2D eigenvalue weighted by Crippen LogP contribution is -2.21. The second kappa shape index (κ2) is 5.94. The maximum Gasteiger partial charge on any atom is 0.114 e. The zero-order valence-electron chi connectivity index (χ0n) is 8.03. The Bertz CT molecular complexity index is 228. The second-order valence-corrected chi connectivity index (χ2v) is 3.99. The first kappa shape index (κ1) is 10.5. The molecule has 0 radical (unpaired) electrons. The van der Waals surface area contributed by atoms with Gasteiger partial charge >= 0.3 is 0 Å². The number of rotatable bonds is 5. The Kier molecular flexibility index (Phi) is 4.78. The van der Waals surface area contributed by atoms with Crippen molar-refractivity contribution in [3.8, 4) is 0 Å². The molecule has 0 aliphatic rings. The van der Waals surface area contributed by atoms with Gasteiger partial charge in [0.1, 0.15) is 5.03 Å². The van der Waals surface area contributed by atoms with Crippen LogP contribution in [0.25, 0.3) is 0 Å². The van der Waals surface area contributed by atoms with Gasteiger partial charge in [0, 0.05) is 24.2 Å². The van der Waals surface area contributed by atoms with E-state index >= 15 is 0 Å². The number of thioether (sulfide) groups is 1. The highest BCUT2D eigenvalue weighted by Crippen LogP contribution is 2.14. The van der Waals surface area contributed by atoms with E-state index in [1.54, 1.807) is 30.4 Å². The fourth-order valence-electron chi connectivity index (χ4n) is 0.845. The average molecular weight is 197 g/mol. The van der Waals surface area contributed by atoms with Gasteiger partial charge in [-0.2, -0.15) is 0 Å². The number of aromatic nitrogens is 2. The van der Waals surface area contributed by atoms with E-state index in [1.807, 2.05) is 7.05 Å². The molecule has 0 aliphatic carbocycles. The van der Waals surface area contributed by atoms with Gasteiger partial charge in [0.15, 0.2) is 0 Å². The van der Waals surface area contributed by atoms with Crippen LogP contribution in [0.1, 0.15) is 13.3 Å². The minimum absolute atomic E-state index is 0.573. The fourth-order valence-corrected chi connectivity index (χ4v) is 1.80. The molecule has 0 saturated heterocycles. The van der Waals surface area contributed by atoms with E-state index < -0.39 is 0 Å². The van der Waals surface area contributed by atoms with E-state index in [1.165, 1.54) is 0 Å². The summed E-state index contributed by atoms with van der Waals surface area (Å²) in [5.74, 6) is 1.08. The van der Waals surface area contributed by atoms with Gasteiger partial charge in [0.2, 0.25) is 0 Å². The van der Waals surface area contributed by atoms with E-state index in [-0.39, 0.29) is 0 Å². The minimum atomic E-state index is 0.573. The predicted octanol–water partition coefficient (Wildman–Crippen LogP) is 1.57. The summed E-state index contributed by atoms with van der Waals surface area (Å²) in [6.07, 6.45) is 6.37. The molecular weight excluding hydrogens is 182 g/mol. The summed E-state index contributed by atoms with van der Waals surface area (Å²) < 4.78 is 0. The maximum absolute atomic E-state index is 4.18. The largest absolute Gasteiger partial charge is 0.317 e. The van der Waals surface area contributed by atoms with Crippen LogP contribution in [0.5, 0.6) is 0 Å². The smallest absolute Gasteiger partial charge is 0.114 e. The summed E-state index contributed by atoms with van der Waals surface area (Å²) in [5, 5.41) is 4.21. The summed E-state index contributed by atoms with van der Waals surface area (Å²) in [5.41, 5.74) is 0. The molecule has 0 fully saturated rings. The highest BCUT2D eigenvalue weighted by Gasteiger charge is 1.99. The van der Waals surface area contributed by atoms with Crippen molar-refractivity contribution in [2.24, 2.45) is 0 Å². The topological polar surface area (TPSA) is 37.8 Å². The Morgan fingerprint density at radius 2 is 2.38 bits per heavy atom. The van der Waals surface area contributed by atoms with Crippen LogP contribution in [0, 0.1) is 0 Å². The Balaban J connectivity index is 2.20. The van der Waals surface area contributed by atoms with Crippen LogP contribution in [0.15, 0.2) is 23.6 Å². The van der Waals surface area contributed by atoms with Crippen LogP contribution >= 0.6 is 11.8 Å². The molecule has 0 bridgehead atoms. The number of hydrogen-bond acceptors (Lipinski definition) is 4. The van der Waals surface area contributed by atoms with E-state index in [0.29, 0.717) is 6.04 Å². The average Bonchev–Trinajstić information content (AvgIpc) is 2.19. The quantitative estimate of drug-likeness (QED) is 0.727. The summed E-state index contributed by atoms with van der Waals surface area (Å²) in [4.78, 5) is 8.19. The molecule has 0 aliphatic heterocycles. The second-order valence-electron chi connectivity index (χ2n) is 2.87. The lowest BCUT2D eigenvalue weighted by molar-refractivity contribution is 0.597. The van der Waals surface area contributed by atoms with E-state index in [4.69, 9.17) is 0 Å². The molecule has 0 spiro atoms. The van der Waals surface area contributed by atoms with Crippen molar-refractivity contribution in [1.82, 2.24) is 15.3 Å². The van der Waals surface area contributed by atoms with Crippen molar-refractivity contribution in [2.45, 2.75) is 24.4 Å². The Labute approximate surface area is 83.4 Å². The molecule has 1 aromatic rings. The molecule has 1 atom stereocenters. The van der Waals surface area contributed by atoms with Gasteiger partial charge in [-0.15, -0.1) is 11.8 Å². The summed E-state index contributed by atoms with van der Waals surface area (Å²) in [6, 6.07) is 0.573. The Morgan fingerprint density at radius 1 is 1.54 bits per heavy atom. The molecule has 0 saturated carbocycles. The summed E-state index contributed by atoms with van der Waals surface area (Å²) in [6.45, 7) is 2.18. The Morgan fingerprint density at radius 3 is 3.00 bits per heavy atom. The maximum atomic E-state index is 4.18. The monoisotopic (exact) mass is 197 g/mol. The molecule has 1 aromatic heterocycles. The minimum Gasteiger partial charge on any atom is -0.317 e. The normalized spacial score (nSPS) is 12.8. The highest BCUT2D eigenvalue weighted by atomic mass is 32.2. The van der Waals surface area contributed by atoms with E-state index in [9.17, 15) is 0 Å². The lowest BCUT2D eigenvalue weighted by Gasteiger charge is -2.08. The molecule has 1 N–H and O–H groups in total. The first-order chi connectivity index (χ1) is 6.33. The first-order valence-electron chi connectivity index (χ1n) is 4.39. The van der Waals surface area contributed by atoms with Crippen LogP contribution in [0.2, 0.25) is 0 Å². The SMILES string of the molecule is CNC(C)CCSc1cnccn1. The lowest BCUT2D eigenvalue weighted by atomic mass is 10.3. The van der Waals surface area contributed by atoms with Gasteiger partial charge in [0.25, 0.3) is 0 Å². The number of nitrogens with zero attached hydrogens (tertiary/aromatic N) is 2. The van der Waals surface area contributed by atoms with Crippen molar-refractivity contribution >= 4 is 11.8 Å². The van der Waals surface area contributed by atoms with Crippen molar-refractivity contribution in [3.05, 3.63) is 18.6 Å². The highest BCUT2D eigenvalue weighted by molar-refractivity contribution is 7.99. The number of hydrogen-bond donors (Lipinski definition) is 1. The molecule has 1 unspecified atom stereocenters. The fraction of sp³-hybridized carbons (Fsp3) is 0.556. The molecule has 1 rings (SSSR count). The van der Waals surface area contributed by atoms with Crippen LogP contribution in [0.3, 0.4) is 0 Å². The van der Waals surface area contributed by atoms with Gasteiger partial charge in [-0.05, 0) is 20.4 Å². The van der Waals surface area contributed by atoms with Gasteiger partial charge in [-0.3, -0.25) is 4.98 Å². The third-order valence-corrected chi connectivity index (χ3v) is 2.78. The molecule has 3 nitrogen and oxygen atoms in total. The van der Waals surface area contributed by atoms with Crippen LogP contribution in [-0.4, -0.2) is 28.8 Å². The molecule has 4 heteroatoms. The standard InChI is InChI=1S/C9H15N3S/c1-8(10-2)3-6-13-9-7-11-4-5-12-9/h4-5,7-8,10H,3,6H2,1-2H3. The van der Waals surface area contributed by atoms with Gasteiger partial charge < -0.3 is 5.32 Å². The molecular formula is C9H15N3S. The first-order valence-corrected chi connectivity index (χ1v) is 5.37. The molecule has 72 valence electrons. The van der Waals surface area contributed by atoms with Gasteiger partial charge in [0.05, 0.1) is 6.20 Å². The van der Waals surface area contributed by atoms with Crippen molar-refractivity contribution in [1.29, 1.82) is 0 Å². The number of nitrogens with one attached hydrogen (secondary N) is 1. The molecule has 13 heavy (non-hydrogen) atoms. The van der Waals surface area contributed by atoms with Crippen LogP contribution < -0.4 is 5.32 Å². The third-order valence-electron chi connectivity index (χ3n) is 1.83. The predicted molar refractivity (Wildman–Crippen MR) is 55.9 cm³/mol. The van der Waals surface area contributed by atoms with Gasteiger partial charge in [-0.25, -0.2) is 4.98 Å². The van der Waals surface area contributed by atoms with Crippen LogP contribution in [-0.2, 0) is 0 Å². The molecule has 0 amide bonds. The van der Waals surface area contributed by atoms with E-state index in [0.717, 1.165) is 17.2 Å². The zero-order valence-corrected chi connectivity index (χ0v) is 8.84. The Hall–Kier alpha value is -0.610. The van der Waals surface area contributed by atoms with Crippen molar-refractivity contribution < 1.29 is 0 Å². The van der Waals surface area contributed by atoms with Crippen molar-refractivity contribution in [3.63, 3.8) is 0 Å². The molecule has 1 heterocycles. The van der Waals surface area contributed by atoms with E-state index in [2.05, 4.69) is 22.2 Å².